The van der Waals surface area contributed by atoms with Gasteiger partial charge in [0, 0.05) is 35.1 Å². The molecular weight excluding hydrogens is 483 g/mol. The van der Waals surface area contributed by atoms with Gasteiger partial charge >= 0.3 is 0 Å². The van der Waals surface area contributed by atoms with Gasteiger partial charge in [-0.05, 0) is 48.7 Å². The quantitative estimate of drug-likeness (QED) is 0.350. The van der Waals surface area contributed by atoms with Crippen molar-refractivity contribution in [3.05, 3.63) is 99.5 Å². The van der Waals surface area contributed by atoms with Crippen LogP contribution < -0.4 is 10.1 Å². The van der Waals surface area contributed by atoms with Crippen LogP contribution in [0.1, 0.15) is 30.0 Å². The smallest absolute Gasteiger partial charge is 0.261 e. The monoisotopic (exact) mass is 512 g/mol. The van der Waals surface area contributed by atoms with Crippen molar-refractivity contribution >= 4 is 35.0 Å². The Morgan fingerprint density at radius 2 is 1.66 bits per heavy atom. The molecule has 3 aromatic rings. The van der Waals surface area contributed by atoms with Crippen LogP contribution in [0.5, 0.6) is 5.75 Å². The Bertz CT molecular complexity index is 1120. The molecule has 0 fully saturated rings. The normalized spacial score (nSPS) is 11.5. The van der Waals surface area contributed by atoms with Crippen molar-refractivity contribution in [2.45, 2.75) is 39.3 Å². The molecule has 1 N–H and O–H groups in total. The lowest BCUT2D eigenvalue weighted by atomic mass is 10.0. The maximum Gasteiger partial charge on any atom is 0.261 e. The number of nitrogens with one attached hydrogen (secondary N) is 1. The molecule has 0 radical (unpaired) electrons. The highest BCUT2D eigenvalue weighted by Crippen LogP contribution is 2.27. The van der Waals surface area contributed by atoms with Gasteiger partial charge in [0.25, 0.3) is 5.91 Å². The fourth-order valence-corrected chi connectivity index (χ4v) is 4.22. The minimum absolute atomic E-state index is 0.0750. The average molecular weight is 513 g/mol. The zero-order valence-electron chi connectivity index (χ0n) is 20.0. The van der Waals surface area contributed by atoms with Gasteiger partial charge in [-0.3, -0.25) is 9.59 Å². The van der Waals surface area contributed by atoms with E-state index in [0.29, 0.717) is 34.3 Å². The molecule has 5 nitrogen and oxygen atoms in total. The average Bonchev–Trinajstić information content (AvgIpc) is 2.85. The van der Waals surface area contributed by atoms with E-state index in [1.165, 1.54) is 4.90 Å². The van der Waals surface area contributed by atoms with Crippen molar-refractivity contribution < 1.29 is 14.3 Å². The van der Waals surface area contributed by atoms with E-state index in [2.05, 4.69) is 5.32 Å². The Kier molecular flexibility index (Phi) is 10.0. The summed E-state index contributed by atoms with van der Waals surface area (Å²) in [4.78, 5) is 28.4. The van der Waals surface area contributed by atoms with Crippen LogP contribution in [0.4, 0.5) is 0 Å². The van der Waals surface area contributed by atoms with Gasteiger partial charge in [-0.1, -0.05) is 78.7 Å². The first-order chi connectivity index (χ1) is 16.9. The van der Waals surface area contributed by atoms with E-state index < -0.39 is 6.04 Å². The second-order valence-corrected chi connectivity index (χ2v) is 9.14. The number of carbonyl (C=O) groups excluding carboxylic acids is 2. The first-order valence-corrected chi connectivity index (χ1v) is 12.4. The molecule has 0 aliphatic rings. The van der Waals surface area contributed by atoms with E-state index in [-0.39, 0.29) is 25.0 Å². The van der Waals surface area contributed by atoms with Crippen LogP contribution in [0.3, 0.4) is 0 Å². The van der Waals surface area contributed by atoms with Crippen molar-refractivity contribution in [2.75, 3.05) is 13.2 Å². The number of benzene rings is 3. The fourth-order valence-electron chi connectivity index (χ4n) is 3.71. The molecule has 1 atom stereocenters. The highest BCUT2D eigenvalue weighted by atomic mass is 35.5. The van der Waals surface area contributed by atoms with Gasteiger partial charge in [0.2, 0.25) is 5.91 Å². The van der Waals surface area contributed by atoms with Crippen LogP contribution in [0, 0.1) is 6.92 Å². The van der Waals surface area contributed by atoms with Gasteiger partial charge in [0.1, 0.15) is 11.8 Å². The lowest BCUT2D eigenvalue weighted by Gasteiger charge is -2.32. The summed E-state index contributed by atoms with van der Waals surface area (Å²) in [6.07, 6.45) is 1.12. The molecule has 2 amide bonds. The molecule has 0 unspecified atom stereocenters. The highest BCUT2D eigenvalue weighted by Gasteiger charge is 2.31. The number of hydrogen-bond acceptors (Lipinski definition) is 3. The number of carbonyl (C=O) groups is 2. The fraction of sp³-hybridized carbons (Fsp3) is 0.286. The number of ether oxygens (including phenoxy) is 1. The third kappa shape index (κ3) is 7.74. The standard InChI is InChI=1S/C28H30Cl2N2O3/c1-3-15-31-28(34)26(17-21-10-5-4-6-11-21)32(18-23-24(29)13-8-14-25(23)30)27(33)19-35-22-12-7-9-20(2)16-22/h4-14,16,26H,3,15,17-19H2,1-2H3,(H,31,34)/t26-/m1/s1. The molecule has 35 heavy (non-hydrogen) atoms. The largest absolute Gasteiger partial charge is 0.484 e. The number of amides is 2. The predicted molar refractivity (Wildman–Crippen MR) is 141 cm³/mol. The summed E-state index contributed by atoms with van der Waals surface area (Å²) in [5, 5.41) is 3.81. The predicted octanol–water partition coefficient (Wildman–Crippen LogP) is 5.85. The molecule has 7 heteroatoms. The van der Waals surface area contributed by atoms with E-state index in [1.807, 2.05) is 62.4 Å². The summed E-state index contributed by atoms with van der Waals surface area (Å²) in [5.41, 5.74) is 2.54. The van der Waals surface area contributed by atoms with Crippen molar-refractivity contribution in [3.8, 4) is 5.75 Å². The van der Waals surface area contributed by atoms with Gasteiger partial charge in [-0.15, -0.1) is 0 Å². The molecule has 0 heterocycles. The molecule has 0 aliphatic heterocycles. The first-order valence-electron chi connectivity index (χ1n) is 11.6. The van der Waals surface area contributed by atoms with Crippen LogP contribution in [-0.4, -0.2) is 35.9 Å². The Hall–Kier alpha value is -3.02. The molecule has 0 aliphatic carbocycles. The highest BCUT2D eigenvalue weighted by molar-refractivity contribution is 6.36. The van der Waals surface area contributed by atoms with E-state index >= 15 is 0 Å². The van der Waals surface area contributed by atoms with Gasteiger partial charge in [0.15, 0.2) is 6.61 Å². The van der Waals surface area contributed by atoms with Crippen molar-refractivity contribution in [2.24, 2.45) is 0 Å². The molecule has 0 saturated heterocycles. The number of rotatable bonds is 11. The maximum atomic E-state index is 13.6. The van der Waals surface area contributed by atoms with Gasteiger partial charge in [-0.2, -0.15) is 0 Å². The second kappa shape index (κ2) is 13.2. The van der Waals surface area contributed by atoms with Crippen LogP contribution in [0.2, 0.25) is 10.0 Å². The minimum Gasteiger partial charge on any atom is -0.484 e. The van der Waals surface area contributed by atoms with Crippen molar-refractivity contribution in [1.82, 2.24) is 10.2 Å². The number of nitrogens with zero attached hydrogens (tertiary/aromatic N) is 1. The van der Waals surface area contributed by atoms with E-state index in [1.54, 1.807) is 24.3 Å². The summed E-state index contributed by atoms with van der Waals surface area (Å²) in [5.74, 6) is 0.0157. The first kappa shape index (κ1) is 26.6. The molecular formula is C28H30Cl2N2O3. The Morgan fingerprint density at radius 1 is 0.971 bits per heavy atom. The van der Waals surface area contributed by atoms with Crippen LogP contribution in [0.15, 0.2) is 72.8 Å². The lowest BCUT2D eigenvalue weighted by Crippen LogP contribution is -2.51. The number of halogens is 2. The topological polar surface area (TPSA) is 58.6 Å². The van der Waals surface area contributed by atoms with E-state index in [0.717, 1.165) is 17.5 Å². The minimum atomic E-state index is -0.773. The third-order valence-electron chi connectivity index (χ3n) is 5.56. The summed E-state index contributed by atoms with van der Waals surface area (Å²) < 4.78 is 5.80. The molecule has 184 valence electrons. The van der Waals surface area contributed by atoms with Crippen LogP contribution >= 0.6 is 23.2 Å². The van der Waals surface area contributed by atoms with Crippen LogP contribution in [-0.2, 0) is 22.6 Å². The summed E-state index contributed by atoms with van der Waals surface area (Å²) in [6.45, 7) is 4.30. The van der Waals surface area contributed by atoms with Crippen molar-refractivity contribution in [1.29, 1.82) is 0 Å². The zero-order chi connectivity index (χ0) is 25.2. The zero-order valence-corrected chi connectivity index (χ0v) is 21.5. The summed E-state index contributed by atoms with van der Waals surface area (Å²) in [7, 11) is 0. The van der Waals surface area contributed by atoms with Crippen molar-refractivity contribution in [3.63, 3.8) is 0 Å². The molecule has 3 rings (SSSR count). The molecule has 0 spiro atoms. The van der Waals surface area contributed by atoms with Gasteiger partial charge in [-0.25, -0.2) is 0 Å². The molecule has 0 saturated carbocycles. The Balaban J connectivity index is 1.94. The van der Waals surface area contributed by atoms with E-state index in [4.69, 9.17) is 27.9 Å². The summed E-state index contributed by atoms with van der Waals surface area (Å²) >= 11 is 12.9. The maximum absolute atomic E-state index is 13.6. The number of hydrogen-bond donors (Lipinski definition) is 1. The number of aryl methyl sites for hydroxylation is 1. The lowest BCUT2D eigenvalue weighted by molar-refractivity contribution is -0.142. The molecule has 0 bridgehead atoms. The Morgan fingerprint density at radius 3 is 2.31 bits per heavy atom. The SMILES string of the molecule is CCCNC(=O)[C@@H](Cc1ccccc1)N(Cc1c(Cl)cccc1Cl)C(=O)COc1cccc(C)c1. The summed E-state index contributed by atoms with van der Waals surface area (Å²) in [6, 6.07) is 21.5. The van der Waals surface area contributed by atoms with E-state index in [9.17, 15) is 9.59 Å². The van der Waals surface area contributed by atoms with Crippen LogP contribution in [0.25, 0.3) is 0 Å². The van der Waals surface area contributed by atoms with Gasteiger partial charge < -0.3 is 15.0 Å². The van der Waals surface area contributed by atoms with Gasteiger partial charge in [0.05, 0.1) is 0 Å². The molecule has 3 aromatic carbocycles. The Labute approximate surface area is 217 Å². The second-order valence-electron chi connectivity index (χ2n) is 8.32. The molecule has 0 aromatic heterocycles. The third-order valence-corrected chi connectivity index (χ3v) is 6.27.